The predicted molar refractivity (Wildman–Crippen MR) is 262 cm³/mol. The number of allylic oxidation sites excluding steroid dienone is 4. The highest BCUT2D eigenvalue weighted by Crippen LogP contribution is 2.17. The van der Waals surface area contributed by atoms with E-state index >= 15 is 0 Å². The Morgan fingerprint density at radius 3 is 1.02 bits per heavy atom. The molecule has 4 heteroatoms. The van der Waals surface area contributed by atoms with Crippen LogP contribution in [0.25, 0.3) is 0 Å². The van der Waals surface area contributed by atoms with Gasteiger partial charge in [0.25, 0.3) is 0 Å². The number of nitrogens with one attached hydrogen (secondary N) is 1. The molecule has 1 amide bonds. The van der Waals surface area contributed by atoms with Gasteiger partial charge in [-0.15, -0.1) is 0 Å². The van der Waals surface area contributed by atoms with E-state index in [0.717, 1.165) is 32.1 Å². The summed E-state index contributed by atoms with van der Waals surface area (Å²) in [5, 5.41) is 23.2. The third-order valence-electron chi connectivity index (χ3n) is 12.7. The van der Waals surface area contributed by atoms with E-state index in [9.17, 15) is 15.0 Å². The number of rotatable bonds is 50. The molecule has 0 fully saturated rings. The van der Waals surface area contributed by atoms with Crippen LogP contribution in [0.1, 0.15) is 303 Å². The van der Waals surface area contributed by atoms with E-state index in [-0.39, 0.29) is 12.5 Å². The molecule has 0 aliphatic rings. The summed E-state index contributed by atoms with van der Waals surface area (Å²) in [7, 11) is 0. The first-order valence-corrected chi connectivity index (χ1v) is 27.0. The molecule has 4 nitrogen and oxygen atoms in total. The molecule has 0 aromatic heterocycles. The summed E-state index contributed by atoms with van der Waals surface area (Å²) in [5.74, 6) is -0.0261. The second-order valence-corrected chi connectivity index (χ2v) is 18.7. The van der Waals surface area contributed by atoms with Crippen molar-refractivity contribution in [3.8, 4) is 0 Å². The smallest absolute Gasteiger partial charge is 0.220 e. The van der Waals surface area contributed by atoms with E-state index in [2.05, 4.69) is 43.5 Å². The van der Waals surface area contributed by atoms with Gasteiger partial charge in [-0.05, 0) is 44.9 Å². The molecule has 0 rings (SSSR count). The first-order valence-electron chi connectivity index (χ1n) is 27.0. The zero-order chi connectivity index (χ0) is 42.8. The Labute approximate surface area is 370 Å². The van der Waals surface area contributed by atoms with Crippen LogP contribution in [0.5, 0.6) is 0 Å². The molecule has 0 heterocycles. The van der Waals surface area contributed by atoms with E-state index in [0.29, 0.717) is 12.8 Å². The lowest BCUT2D eigenvalue weighted by atomic mass is 10.0. The number of aliphatic hydroxyl groups is 2. The minimum absolute atomic E-state index is 0.0261. The molecule has 0 radical (unpaired) electrons. The average Bonchev–Trinajstić information content (AvgIpc) is 3.24. The van der Waals surface area contributed by atoms with Gasteiger partial charge in [0.2, 0.25) is 5.91 Å². The average molecular weight is 830 g/mol. The van der Waals surface area contributed by atoms with Crippen molar-refractivity contribution in [2.24, 2.45) is 0 Å². The van der Waals surface area contributed by atoms with Gasteiger partial charge in [0.05, 0.1) is 18.8 Å². The van der Waals surface area contributed by atoms with Gasteiger partial charge < -0.3 is 15.5 Å². The van der Waals surface area contributed by atoms with Crippen LogP contribution in [0.4, 0.5) is 0 Å². The number of aliphatic hydroxyl groups excluding tert-OH is 2. The molecule has 0 aliphatic heterocycles. The molecule has 0 saturated carbocycles. The van der Waals surface area contributed by atoms with Crippen LogP contribution < -0.4 is 5.32 Å². The molecule has 0 aromatic carbocycles. The lowest BCUT2D eigenvalue weighted by Crippen LogP contribution is -2.45. The number of hydrogen-bond acceptors (Lipinski definition) is 3. The van der Waals surface area contributed by atoms with Crippen molar-refractivity contribution < 1.29 is 15.0 Å². The molecule has 0 spiro atoms. The fourth-order valence-corrected chi connectivity index (χ4v) is 8.57. The second-order valence-electron chi connectivity index (χ2n) is 18.7. The number of hydrogen-bond donors (Lipinski definition) is 3. The summed E-state index contributed by atoms with van der Waals surface area (Å²) >= 11 is 0. The van der Waals surface area contributed by atoms with E-state index in [1.807, 2.05) is 0 Å². The molecule has 0 aliphatic carbocycles. The molecule has 3 N–H and O–H groups in total. The Balaban J connectivity index is 3.39. The van der Waals surface area contributed by atoms with Gasteiger partial charge in [-0.1, -0.05) is 276 Å². The molecule has 59 heavy (non-hydrogen) atoms. The summed E-state index contributed by atoms with van der Waals surface area (Å²) in [5.41, 5.74) is 0. The minimum atomic E-state index is -0.656. The van der Waals surface area contributed by atoms with Gasteiger partial charge in [0.15, 0.2) is 0 Å². The molecule has 0 bridgehead atoms. The summed E-state index contributed by atoms with van der Waals surface area (Å²) in [4.78, 5) is 12.5. The first kappa shape index (κ1) is 57.9. The third kappa shape index (κ3) is 47.8. The van der Waals surface area contributed by atoms with Crippen LogP contribution in [0, 0.1) is 0 Å². The number of amides is 1. The molecule has 2 atom stereocenters. The minimum Gasteiger partial charge on any atom is -0.394 e. The Bertz CT molecular complexity index is 855. The predicted octanol–water partition coefficient (Wildman–Crippen LogP) is 17.5. The zero-order valence-electron chi connectivity index (χ0n) is 40.3. The Kier molecular flexibility index (Phi) is 50.2. The maximum Gasteiger partial charge on any atom is 0.220 e. The standard InChI is InChI=1S/C55H107NO3/c1-3-5-7-9-11-13-15-17-19-20-21-22-23-24-25-26-27-28-29-30-31-32-33-34-35-36-37-39-41-43-45-47-49-51-55(59)56-53(52-57)54(58)50-48-46-44-42-40-38-18-16-14-12-10-8-6-4-2/h15,17,20-21,53-54,57-58H,3-14,16,18-19,22-52H2,1-2H3,(H,56,59)/b17-15-,21-20-. The van der Waals surface area contributed by atoms with Crippen LogP contribution in [0.3, 0.4) is 0 Å². The normalized spacial score (nSPS) is 12.9. The van der Waals surface area contributed by atoms with Gasteiger partial charge in [-0.25, -0.2) is 0 Å². The van der Waals surface area contributed by atoms with Crippen LogP contribution >= 0.6 is 0 Å². The van der Waals surface area contributed by atoms with Crippen molar-refractivity contribution in [3.05, 3.63) is 24.3 Å². The van der Waals surface area contributed by atoms with Crippen LogP contribution in [-0.4, -0.2) is 34.9 Å². The van der Waals surface area contributed by atoms with Crippen molar-refractivity contribution in [2.75, 3.05) is 6.61 Å². The molecular formula is C55H107NO3. The fraction of sp³-hybridized carbons (Fsp3) is 0.909. The summed E-state index contributed by atoms with van der Waals surface area (Å²) in [6.45, 7) is 4.37. The summed E-state index contributed by atoms with van der Waals surface area (Å²) in [6.07, 6.45) is 67.3. The second kappa shape index (κ2) is 51.2. The van der Waals surface area contributed by atoms with Gasteiger partial charge in [-0.3, -0.25) is 4.79 Å². The topological polar surface area (TPSA) is 69.6 Å². The largest absolute Gasteiger partial charge is 0.394 e. The van der Waals surface area contributed by atoms with E-state index in [1.54, 1.807) is 0 Å². The van der Waals surface area contributed by atoms with Crippen molar-refractivity contribution in [1.82, 2.24) is 5.32 Å². The van der Waals surface area contributed by atoms with Crippen molar-refractivity contribution >= 4 is 5.91 Å². The highest BCUT2D eigenvalue weighted by molar-refractivity contribution is 5.76. The van der Waals surface area contributed by atoms with E-state index in [4.69, 9.17) is 0 Å². The highest BCUT2D eigenvalue weighted by atomic mass is 16.3. The highest BCUT2D eigenvalue weighted by Gasteiger charge is 2.20. The first-order chi connectivity index (χ1) is 29.2. The molecular weight excluding hydrogens is 723 g/mol. The molecule has 0 aromatic rings. The Morgan fingerprint density at radius 1 is 0.407 bits per heavy atom. The zero-order valence-corrected chi connectivity index (χ0v) is 40.3. The van der Waals surface area contributed by atoms with Crippen molar-refractivity contribution in [3.63, 3.8) is 0 Å². The molecule has 350 valence electrons. The lowest BCUT2D eigenvalue weighted by Gasteiger charge is -2.22. The fourth-order valence-electron chi connectivity index (χ4n) is 8.57. The maximum atomic E-state index is 12.5. The van der Waals surface area contributed by atoms with Crippen LogP contribution in [0.15, 0.2) is 24.3 Å². The van der Waals surface area contributed by atoms with Gasteiger partial charge >= 0.3 is 0 Å². The monoisotopic (exact) mass is 830 g/mol. The lowest BCUT2D eigenvalue weighted by molar-refractivity contribution is -0.123. The Hall–Kier alpha value is -1.13. The summed E-state index contributed by atoms with van der Waals surface area (Å²) in [6, 6.07) is -0.532. The number of unbranched alkanes of at least 4 members (excludes halogenated alkanes) is 39. The SMILES string of the molecule is CCCCCCC/C=C\C/C=C\CCCCCCCCCCCCCCCCCCCCCCCC(=O)NC(CO)C(O)CCCCCCCCCCCCCCCC. The van der Waals surface area contributed by atoms with Gasteiger partial charge in [0, 0.05) is 6.42 Å². The van der Waals surface area contributed by atoms with E-state index in [1.165, 1.54) is 244 Å². The van der Waals surface area contributed by atoms with Gasteiger partial charge in [0.1, 0.15) is 0 Å². The summed E-state index contributed by atoms with van der Waals surface area (Å²) < 4.78 is 0. The Morgan fingerprint density at radius 2 is 0.695 bits per heavy atom. The number of carbonyl (C=O) groups is 1. The van der Waals surface area contributed by atoms with Crippen molar-refractivity contribution in [2.45, 2.75) is 315 Å². The van der Waals surface area contributed by atoms with Crippen LogP contribution in [0.2, 0.25) is 0 Å². The number of carbonyl (C=O) groups excluding carboxylic acids is 1. The molecule has 2 unspecified atom stereocenters. The quantitative estimate of drug-likeness (QED) is 0.0422. The molecule has 0 saturated heterocycles. The third-order valence-corrected chi connectivity index (χ3v) is 12.7. The maximum absolute atomic E-state index is 12.5. The van der Waals surface area contributed by atoms with Crippen LogP contribution in [-0.2, 0) is 4.79 Å². The van der Waals surface area contributed by atoms with E-state index < -0.39 is 12.1 Å². The van der Waals surface area contributed by atoms with Gasteiger partial charge in [-0.2, -0.15) is 0 Å². The van der Waals surface area contributed by atoms with Crippen molar-refractivity contribution in [1.29, 1.82) is 0 Å².